The van der Waals surface area contributed by atoms with Gasteiger partial charge in [-0.1, -0.05) is 54.6 Å². The molecule has 0 spiro atoms. The van der Waals surface area contributed by atoms with Gasteiger partial charge in [-0.2, -0.15) is 0 Å². The van der Waals surface area contributed by atoms with Crippen LogP contribution in [0.25, 0.3) is 11.1 Å². The molecule has 7 nitrogen and oxygen atoms in total. The zero-order valence-electron chi connectivity index (χ0n) is 15.2. The van der Waals surface area contributed by atoms with E-state index in [0.29, 0.717) is 6.42 Å². The lowest BCUT2D eigenvalue weighted by atomic mass is 9.97. The van der Waals surface area contributed by atoms with Crippen molar-refractivity contribution in [3.8, 4) is 11.1 Å². The van der Waals surface area contributed by atoms with E-state index in [0.717, 1.165) is 16.7 Å². The molecule has 1 amide bonds. The Labute approximate surface area is 162 Å². The third-order valence-corrected chi connectivity index (χ3v) is 4.27. The van der Waals surface area contributed by atoms with E-state index in [9.17, 15) is 19.5 Å². The Kier molecular flexibility index (Phi) is 7.71. The van der Waals surface area contributed by atoms with Gasteiger partial charge in [0.1, 0.15) is 0 Å². The SMILES string of the molecule is O=C(O)CCC(=O)NC(Cc1ccc(-c2ccccc2)cc1)CC(O)C(=O)O. The molecule has 0 saturated heterocycles. The molecule has 0 aliphatic heterocycles. The first kappa shape index (κ1) is 21.1. The molecule has 148 valence electrons. The monoisotopic (exact) mass is 385 g/mol. The molecule has 0 aliphatic carbocycles. The van der Waals surface area contributed by atoms with Crippen LogP contribution in [0, 0.1) is 0 Å². The summed E-state index contributed by atoms with van der Waals surface area (Å²) in [5.74, 6) is -2.95. The molecular weight excluding hydrogens is 362 g/mol. The molecule has 2 aromatic rings. The van der Waals surface area contributed by atoms with E-state index in [-0.39, 0.29) is 19.3 Å². The lowest BCUT2D eigenvalue weighted by Crippen LogP contribution is -2.40. The lowest BCUT2D eigenvalue weighted by molar-refractivity contribution is -0.147. The zero-order chi connectivity index (χ0) is 20.5. The van der Waals surface area contributed by atoms with Gasteiger partial charge in [-0.25, -0.2) is 4.79 Å². The fourth-order valence-electron chi connectivity index (χ4n) is 2.83. The van der Waals surface area contributed by atoms with E-state index >= 15 is 0 Å². The molecule has 2 unspecified atom stereocenters. The maximum absolute atomic E-state index is 11.9. The number of carboxylic acids is 2. The number of carbonyl (C=O) groups excluding carboxylic acids is 1. The number of amides is 1. The number of carboxylic acid groups (broad SMARTS) is 2. The van der Waals surface area contributed by atoms with E-state index in [4.69, 9.17) is 10.2 Å². The van der Waals surface area contributed by atoms with Crippen LogP contribution in [-0.2, 0) is 20.8 Å². The van der Waals surface area contributed by atoms with Crippen molar-refractivity contribution in [1.82, 2.24) is 5.32 Å². The Morgan fingerprint density at radius 3 is 2.04 bits per heavy atom. The Morgan fingerprint density at radius 1 is 0.857 bits per heavy atom. The second-order valence-electron chi connectivity index (χ2n) is 6.51. The Bertz CT molecular complexity index is 803. The molecule has 0 aromatic heterocycles. The molecule has 0 fully saturated rings. The molecule has 0 bridgehead atoms. The van der Waals surface area contributed by atoms with Gasteiger partial charge in [0, 0.05) is 18.9 Å². The highest BCUT2D eigenvalue weighted by molar-refractivity contribution is 5.81. The molecule has 4 N–H and O–H groups in total. The highest BCUT2D eigenvalue weighted by Crippen LogP contribution is 2.20. The quantitative estimate of drug-likeness (QED) is 0.496. The Hall–Kier alpha value is -3.19. The fraction of sp³-hybridized carbons (Fsp3) is 0.286. The van der Waals surface area contributed by atoms with Gasteiger partial charge in [-0.15, -0.1) is 0 Å². The summed E-state index contributed by atoms with van der Waals surface area (Å²) in [6.45, 7) is 0. The van der Waals surface area contributed by atoms with Crippen molar-refractivity contribution in [1.29, 1.82) is 0 Å². The molecule has 0 heterocycles. The van der Waals surface area contributed by atoms with Gasteiger partial charge in [-0.05, 0) is 23.1 Å². The third-order valence-electron chi connectivity index (χ3n) is 4.27. The summed E-state index contributed by atoms with van der Waals surface area (Å²) in [6.07, 6.45) is -1.99. The average molecular weight is 385 g/mol. The van der Waals surface area contributed by atoms with Crippen LogP contribution in [0.2, 0.25) is 0 Å². The Balaban J connectivity index is 2.06. The maximum atomic E-state index is 11.9. The average Bonchev–Trinajstić information content (AvgIpc) is 2.67. The van der Waals surface area contributed by atoms with Gasteiger partial charge in [0.25, 0.3) is 0 Å². The van der Waals surface area contributed by atoms with Crippen LogP contribution in [-0.4, -0.2) is 45.3 Å². The summed E-state index contributed by atoms with van der Waals surface area (Å²) in [6, 6.07) is 16.8. The van der Waals surface area contributed by atoms with Crippen LogP contribution in [0.15, 0.2) is 54.6 Å². The summed E-state index contributed by atoms with van der Waals surface area (Å²) < 4.78 is 0. The van der Waals surface area contributed by atoms with Gasteiger partial charge in [-0.3, -0.25) is 9.59 Å². The maximum Gasteiger partial charge on any atom is 0.332 e. The van der Waals surface area contributed by atoms with E-state index in [1.54, 1.807) is 0 Å². The van der Waals surface area contributed by atoms with Gasteiger partial charge in [0.05, 0.1) is 6.42 Å². The summed E-state index contributed by atoms with van der Waals surface area (Å²) in [5, 5.41) is 29.9. The number of carbonyl (C=O) groups is 3. The fourth-order valence-corrected chi connectivity index (χ4v) is 2.83. The van der Waals surface area contributed by atoms with Crippen molar-refractivity contribution in [3.05, 3.63) is 60.2 Å². The Morgan fingerprint density at radius 2 is 1.46 bits per heavy atom. The van der Waals surface area contributed by atoms with Gasteiger partial charge >= 0.3 is 11.9 Å². The first-order chi connectivity index (χ1) is 13.3. The smallest absolute Gasteiger partial charge is 0.332 e. The number of hydrogen-bond donors (Lipinski definition) is 4. The van der Waals surface area contributed by atoms with Gasteiger partial charge in [0.2, 0.25) is 5.91 Å². The number of benzene rings is 2. The molecule has 28 heavy (non-hydrogen) atoms. The van der Waals surface area contributed by atoms with E-state index in [1.807, 2.05) is 54.6 Å². The summed E-state index contributed by atoms with van der Waals surface area (Å²) in [5.41, 5.74) is 2.95. The van der Waals surface area contributed by atoms with Crippen LogP contribution in [0.5, 0.6) is 0 Å². The minimum Gasteiger partial charge on any atom is -0.481 e. The van der Waals surface area contributed by atoms with Crippen LogP contribution < -0.4 is 5.32 Å². The van der Waals surface area contributed by atoms with Gasteiger partial charge < -0.3 is 20.6 Å². The second-order valence-corrected chi connectivity index (χ2v) is 6.51. The molecule has 0 aliphatic rings. The van der Waals surface area contributed by atoms with Gasteiger partial charge in [0.15, 0.2) is 6.10 Å². The number of aliphatic hydroxyl groups excluding tert-OH is 1. The minimum atomic E-state index is -1.62. The molecule has 0 radical (unpaired) electrons. The van der Waals surface area contributed by atoms with Crippen LogP contribution >= 0.6 is 0 Å². The molecule has 2 atom stereocenters. The highest BCUT2D eigenvalue weighted by atomic mass is 16.4. The predicted molar refractivity (Wildman–Crippen MR) is 103 cm³/mol. The van der Waals surface area contributed by atoms with Crippen molar-refractivity contribution in [3.63, 3.8) is 0 Å². The minimum absolute atomic E-state index is 0.172. The van der Waals surface area contributed by atoms with Crippen LogP contribution in [0.3, 0.4) is 0 Å². The van der Waals surface area contributed by atoms with Crippen LogP contribution in [0.1, 0.15) is 24.8 Å². The third kappa shape index (κ3) is 6.85. The number of nitrogens with one attached hydrogen (secondary N) is 1. The standard InChI is InChI=1S/C21H23NO6/c23-18(21(27)28)13-17(22-19(24)10-11-20(25)26)12-14-6-8-16(9-7-14)15-4-2-1-3-5-15/h1-9,17-18,23H,10-13H2,(H,22,24)(H,25,26)(H,27,28). The van der Waals surface area contributed by atoms with Crippen molar-refractivity contribution >= 4 is 17.8 Å². The van der Waals surface area contributed by atoms with Crippen LogP contribution in [0.4, 0.5) is 0 Å². The topological polar surface area (TPSA) is 124 Å². The second kappa shape index (κ2) is 10.2. The molecule has 2 aromatic carbocycles. The van der Waals surface area contributed by atoms with Crippen molar-refractivity contribution < 1.29 is 29.7 Å². The molecule has 2 rings (SSSR count). The molecule has 0 saturated carbocycles. The first-order valence-electron chi connectivity index (χ1n) is 8.91. The van der Waals surface area contributed by atoms with Crippen molar-refractivity contribution in [2.75, 3.05) is 0 Å². The summed E-state index contributed by atoms with van der Waals surface area (Å²) in [4.78, 5) is 33.5. The number of aliphatic hydroxyl groups is 1. The first-order valence-corrected chi connectivity index (χ1v) is 8.91. The molecule has 7 heteroatoms. The zero-order valence-corrected chi connectivity index (χ0v) is 15.2. The van der Waals surface area contributed by atoms with Crippen molar-refractivity contribution in [2.24, 2.45) is 0 Å². The van der Waals surface area contributed by atoms with Crippen molar-refractivity contribution in [2.45, 2.75) is 37.8 Å². The van der Waals surface area contributed by atoms with E-state index in [2.05, 4.69) is 5.32 Å². The number of aliphatic carboxylic acids is 2. The summed E-state index contributed by atoms with van der Waals surface area (Å²) >= 11 is 0. The predicted octanol–water partition coefficient (Wildman–Crippen LogP) is 2.08. The number of rotatable bonds is 10. The van der Waals surface area contributed by atoms with E-state index < -0.39 is 30.0 Å². The van der Waals surface area contributed by atoms with E-state index in [1.165, 1.54) is 0 Å². The largest absolute Gasteiger partial charge is 0.481 e. The number of hydrogen-bond acceptors (Lipinski definition) is 4. The normalized spacial score (nSPS) is 12.8. The highest BCUT2D eigenvalue weighted by Gasteiger charge is 2.22. The summed E-state index contributed by atoms with van der Waals surface area (Å²) in [7, 11) is 0. The molecular formula is C21H23NO6. The lowest BCUT2D eigenvalue weighted by Gasteiger charge is -2.20.